The van der Waals surface area contributed by atoms with Crippen LogP contribution in [0.5, 0.6) is 0 Å². The largest absolute Gasteiger partial charge is 0.370 e. The molecule has 1 aliphatic rings. The molecule has 5 nitrogen and oxygen atoms in total. The van der Waals surface area contributed by atoms with E-state index < -0.39 is 0 Å². The van der Waals surface area contributed by atoms with E-state index in [1.807, 2.05) is 24.8 Å². The summed E-state index contributed by atoms with van der Waals surface area (Å²) in [4.78, 5) is 8.35. The van der Waals surface area contributed by atoms with Gasteiger partial charge in [0.15, 0.2) is 0 Å². The molecule has 0 atom stereocenters. The second-order valence-electron chi connectivity index (χ2n) is 4.06. The SMILES string of the molecule is CCNc1cc(NC2CCSCC2)nc(N)n1. The average Bonchev–Trinajstić information content (AvgIpc) is 2.30. The number of nitrogens with one attached hydrogen (secondary N) is 2. The molecule has 94 valence electrons. The van der Waals surface area contributed by atoms with Crippen LogP contribution < -0.4 is 16.4 Å². The number of nitrogens with zero attached hydrogens (tertiary/aromatic N) is 2. The summed E-state index contributed by atoms with van der Waals surface area (Å²) < 4.78 is 0. The van der Waals surface area contributed by atoms with E-state index in [4.69, 9.17) is 5.73 Å². The van der Waals surface area contributed by atoms with Crippen molar-refractivity contribution in [3.63, 3.8) is 0 Å². The fourth-order valence-electron chi connectivity index (χ4n) is 1.86. The van der Waals surface area contributed by atoms with E-state index >= 15 is 0 Å². The van der Waals surface area contributed by atoms with Gasteiger partial charge in [-0.05, 0) is 31.3 Å². The topological polar surface area (TPSA) is 75.9 Å². The van der Waals surface area contributed by atoms with Crippen molar-refractivity contribution in [2.24, 2.45) is 0 Å². The Morgan fingerprint density at radius 2 is 2.06 bits per heavy atom. The Kier molecular flexibility index (Phi) is 4.30. The minimum atomic E-state index is 0.316. The monoisotopic (exact) mass is 253 g/mol. The van der Waals surface area contributed by atoms with Crippen LogP contribution >= 0.6 is 11.8 Å². The van der Waals surface area contributed by atoms with Gasteiger partial charge in [-0.2, -0.15) is 21.7 Å². The van der Waals surface area contributed by atoms with Crippen LogP contribution in [0.3, 0.4) is 0 Å². The van der Waals surface area contributed by atoms with E-state index in [0.717, 1.165) is 18.2 Å². The minimum Gasteiger partial charge on any atom is -0.370 e. The van der Waals surface area contributed by atoms with Gasteiger partial charge in [0.05, 0.1) is 0 Å². The lowest BCUT2D eigenvalue weighted by molar-refractivity contribution is 0.663. The third kappa shape index (κ3) is 3.66. The van der Waals surface area contributed by atoms with E-state index in [-0.39, 0.29) is 0 Å². The zero-order valence-corrected chi connectivity index (χ0v) is 10.9. The van der Waals surface area contributed by atoms with E-state index in [2.05, 4.69) is 20.6 Å². The Labute approximate surface area is 106 Å². The van der Waals surface area contributed by atoms with Crippen molar-refractivity contribution in [1.29, 1.82) is 0 Å². The van der Waals surface area contributed by atoms with Crippen molar-refractivity contribution in [3.8, 4) is 0 Å². The Hall–Kier alpha value is -1.17. The smallest absolute Gasteiger partial charge is 0.223 e. The van der Waals surface area contributed by atoms with E-state index in [0.29, 0.717) is 12.0 Å². The van der Waals surface area contributed by atoms with E-state index in [9.17, 15) is 0 Å². The van der Waals surface area contributed by atoms with Crippen molar-refractivity contribution in [2.75, 3.05) is 34.4 Å². The molecule has 2 heterocycles. The molecule has 0 aliphatic carbocycles. The first kappa shape index (κ1) is 12.3. The van der Waals surface area contributed by atoms with Crippen molar-refractivity contribution in [2.45, 2.75) is 25.8 Å². The van der Waals surface area contributed by atoms with Gasteiger partial charge in [0.1, 0.15) is 11.6 Å². The molecule has 0 saturated carbocycles. The molecule has 1 saturated heterocycles. The fraction of sp³-hybridized carbons (Fsp3) is 0.636. The second-order valence-corrected chi connectivity index (χ2v) is 5.28. The lowest BCUT2D eigenvalue weighted by Crippen LogP contribution is -2.25. The molecule has 0 amide bonds. The molecule has 0 spiro atoms. The normalized spacial score (nSPS) is 16.8. The third-order valence-corrected chi connectivity index (χ3v) is 3.72. The second kappa shape index (κ2) is 5.95. The average molecular weight is 253 g/mol. The third-order valence-electron chi connectivity index (χ3n) is 2.67. The summed E-state index contributed by atoms with van der Waals surface area (Å²) in [5.74, 6) is 4.37. The molecule has 2 rings (SSSR count). The molecule has 4 N–H and O–H groups in total. The van der Waals surface area contributed by atoms with Crippen molar-refractivity contribution < 1.29 is 0 Å². The molecular formula is C11H19N5S. The number of hydrogen-bond acceptors (Lipinski definition) is 6. The Bertz CT molecular complexity index is 365. The minimum absolute atomic E-state index is 0.316. The molecule has 0 unspecified atom stereocenters. The fourth-order valence-corrected chi connectivity index (χ4v) is 2.97. The van der Waals surface area contributed by atoms with Gasteiger partial charge in [-0.1, -0.05) is 0 Å². The molecule has 17 heavy (non-hydrogen) atoms. The molecule has 6 heteroatoms. The summed E-state index contributed by atoms with van der Waals surface area (Å²) in [5, 5.41) is 6.59. The summed E-state index contributed by atoms with van der Waals surface area (Å²) in [6, 6.07) is 2.43. The van der Waals surface area contributed by atoms with Gasteiger partial charge in [-0.3, -0.25) is 0 Å². The predicted molar refractivity (Wildman–Crippen MR) is 74.6 cm³/mol. The summed E-state index contributed by atoms with van der Waals surface area (Å²) in [5.41, 5.74) is 5.69. The Morgan fingerprint density at radius 3 is 2.76 bits per heavy atom. The molecule has 0 bridgehead atoms. The quantitative estimate of drug-likeness (QED) is 0.759. The summed E-state index contributed by atoms with van der Waals surface area (Å²) in [7, 11) is 0. The first-order valence-electron chi connectivity index (χ1n) is 6.00. The summed E-state index contributed by atoms with van der Waals surface area (Å²) in [6.07, 6.45) is 2.37. The highest BCUT2D eigenvalue weighted by Crippen LogP contribution is 2.21. The van der Waals surface area contributed by atoms with Crippen LogP contribution in [0.15, 0.2) is 6.07 Å². The Balaban J connectivity index is 2.03. The molecule has 1 fully saturated rings. The zero-order chi connectivity index (χ0) is 12.1. The van der Waals surface area contributed by atoms with Crippen LogP contribution in [0.4, 0.5) is 17.6 Å². The maximum absolute atomic E-state index is 5.69. The van der Waals surface area contributed by atoms with Crippen molar-refractivity contribution >= 4 is 29.3 Å². The van der Waals surface area contributed by atoms with Gasteiger partial charge >= 0.3 is 0 Å². The molecule has 0 radical (unpaired) electrons. The zero-order valence-electron chi connectivity index (χ0n) is 10.1. The van der Waals surface area contributed by atoms with Crippen LogP contribution in [0, 0.1) is 0 Å². The predicted octanol–water partition coefficient (Wildman–Crippen LogP) is 1.80. The van der Waals surface area contributed by atoms with Gasteiger partial charge in [0.2, 0.25) is 5.95 Å². The maximum Gasteiger partial charge on any atom is 0.223 e. The number of thioether (sulfide) groups is 1. The van der Waals surface area contributed by atoms with Gasteiger partial charge in [-0.25, -0.2) is 0 Å². The van der Waals surface area contributed by atoms with Gasteiger partial charge < -0.3 is 16.4 Å². The molecule has 1 aliphatic heterocycles. The number of nitrogens with two attached hydrogens (primary N) is 1. The highest BCUT2D eigenvalue weighted by molar-refractivity contribution is 7.99. The maximum atomic E-state index is 5.69. The Morgan fingerprint density at radius 1 is 1.35 bits per heavy atom. The van der Waals surface area contributed by atoms with Crippen LogP contribution in [0.2, 0.25) is 0 Å². The van der Waals surface area contributed by atoms with Crippen molar-refractivity contribution in [1.82, 2.24) is 9.97 Å². The summed E-state index contributed by atoms with van der Waals surface area (Å²) in [6.45, 7) is 2.86. The van der Waals surface area contributed by atoms with Crippen LogP contribution in [0.25, 0.3) is 0 Å². The highest BCUT2D eigenvalue weighted by atomic mass is 32.2. The van der Waals surface area contributed by atoms with Gasteiger partial charge in [0.25, 0.3) is 0 Å². The summed E-state index contributed by atoms with van der Waals surface area (Å²) >= 11 is 2.01. The number of nitrogen functional groups attached to an aromatic ring is 1. The van der Waals surface area contributed by atoms with E-state index in [1.54, 1.807) is 0 Å². The van der Waals surface area contributed by atoms with Gasteiger partial charge in [0, 0.05) is 18.7 Å². The van der Waals surface area contributed by atoms with Crippen LogP contribution in [-0.4, -0.2) is 34.1 Å². The molecule has 1 aromatic rings. The lowest BCUT2D eigenvalue weighted by Gasteiger charge is -2.23. The molecular weight excluding hydrogens is 234 g/mol. The van der Waals surface area contributed by atoms with Crippen LogP contribution in [-0.2, 0) is 0 Å². The van der Waals surface area contributed by atoms with Crippen LogP contribution in [0.1, 0.15) is 19.8 Å². The number of anilines is 3. The number of rotatable bonds is 4. The highest BCUT2D eigenvalue weighted by Gasteiger charge is 2.14. The number of aromatic nitrogens is 2. The molecule has 0 aromatic carbocycles. The first-order valence-corrected chi connectivity index (χ1v) is 7.16. The first-order chi connectivity index (χ1) is 8.28. The van der Waals surface area contributed by atoms with Gasteiger partial charge in [-0.15, -0.1) is 0 Å². The van der Waals surface area contributed by atoms with E-state index in [1.165, 1.54) is 24.3 Å². The van der Waals surface area contributed by atoms with Crippen molar-refractivity contribution in [3.05, 3.63) is 6.07 Å². The standard InChI is InChI=1S/C11H19N5S/c1-2-13-9-7-10(16-11(12)15-9)14-8-3-5-17-6-4-8/h7-8H,2-6H2,1H3,(H4,12,13,14,15,16). The molecule has 1 aromatic heterocycles. The number of hydrogen-bond donors (Lipinski definition) is 3. The lowest BCUT2D eigenvalue weighted by atomic mass is 10.1.